The number of nitrogens with one attached hydrogen (secondary N) is 1. The molecule has 0 atom stereocenters. The molecule has 1 heterocycles. The molecule has 1 aromatic heterocycles. The van der Waals surface area contributed by atoms with E-state index in [2.05, 4.69) is 4.72 Å². The zero-order chi connectivity index (χ0) is 18.2. The smallest absolute Gasteiger partial charge is 0.408 e. The van der Waals surface area contributed by atoms with Crippen LogP contribution in [0.4, 0.5) is 0 Å². The highest BCUT2D eigenvalue weighted by atomic mass is 32.2. The van der Waals surface area contributed by atoms with Gasteiger partial charge in [-0.1, -0.05) is 29.8 Å². The van der Waals surface area contributed by atoms with E-state index < -0.39 is 15.8 Å². The quantitative estimate of drug-likeness (QED) is 0.758. The van der Waals surface area contributed by atoms with E-state index in [1.165, 1.54) is 10.6 Å². The molecule has 3 rings (SSSR count). The van der Waals surface area contributed by atoms with E-state index in [4.69, 9.17) is 4.42 Å². The van der Waals surface area contributed by atoms with Crippen molar-refractivity contribution in [2.45, 2.75) is 38.8 Å². The predicted molar refractivity (Wildman–Crippen MR) is 96.1 cm³/mol. The minimum absolute atomic E-state index is 0.115. The third kappa shape index (κ3) is 3.38. The predicted octanol–water partition coefficient (Wildman–Crippen LogP) is 2.71. The lowest BCUT2D eigenvalue weighted by molar-refractivity contribution is 0.512. The number of fused-ring (bicyclic) bond motifs is 1. The molecule has 1 N–H and O–H groups in total. The summed E-state index contributed by atoms with van der Waals surface area (Å²) in [5, 5.41) is 0. The van der Waals surface area contributed by atoms with E-state index in [1.54, 1.807) is 13.0 Å². The van der Waals surface area contributed by atoms with Crippen LogP contribution in [0.2, 0.25) is 0 Å². The van der Waals surface area contributed by atoms with Gasteiger partial charge in [0.1, 0.15) is 0 Å². The van der Waals surface area contributed by atoms with Crippen molar-refractivity contribution in [2.75, 3.05) is 0 Å². The van der Waals surface area contributed by atoms with Crippen LogP contribution in [0.3, 0.4) is 0 Å². The van der Waals surface area contributed by atoms with Gasteiger partial charge in [0.25, 0.3) is 0 Å². The fourth-order valence-electron chi connectivity index (χ4n) is 2.75. The molecule has 7 heteroatoms. The van der Waals surface area contributed by atoms with Gasteiger partial charge in [-0.15, -0.1) is 0 Å². The molecule has 0 aliphatic heterocycles. The molecule has 132 valence electrons. The van der Waals surface area contributed by atoms with Crippen molar-refractivity contribution in [2.24, 2.45) is 0 Å². The third-order valence-corrected chi connectivity index (χ3v) is 5.70. The highest BCUT2D eigenvalue weighted by Crippen LogP contribution is 2.23. The van der Waals surface area contributed by atoms with Crippen molar-refractivity contribution >= 4 is 21.1 Å². The van der Waals surface area contributed by atoms with E-state index in [0.717, 1.165) is 11.1 Å². The van der Waals surface area contributed by atoms with Gasteiger partial charge >= 0.3 is 5.76 Å². The minimum Gasteiger partial charge on any atom is -0.408 e. The number of hydrogen-bond donors (Lipinski definition) is 1. The van der Waals surface area contributed by atoms with Crippen LogP contribution in [0.1, 0.15) is 23.6 Å². The second kappa shape index (κ2) is 6.50. The summed E-state index contributed by atoms with van der Waals surface area (Å²) in [6, 6.07) is 10.7. The van der Waals surface area contributed by atoms with E-state index in [-0.39, 0.29) is 17.0 Å². The summed E-state index contributed by atoms with van der Waals surface area (Å²) in [6.07, 6.45) is 0. The van der Waals surface area contributed by atoms with Gasteiger partial charge in [-0.05, 0) is 38.0 Å². The number of aromatic nitrogens is 1. The zero-order valence-electron chi connectivity index (χ0n) is 14.4. The van der Waals surface area contributed by atoms with Crippen LogP contribution in [-0.4, -0.2) is 13.0 Å². The van der Waals surface area contributed by atoms with Crippen molar-refractivity contribution in [3.05, 3.63) is 63.6 Å². The number of rotatable bonds is 5. The van der Waals surface area contributed by atoms with E-state index in [0.29, 0.717) is 17.6 Å². The largest absolute Gasteiger partial charge is 0.419 e. The van der Waals surface area contributed by atoms with E-state index >= 15 is 0 Å². The molecule has 0 saturated heterocycles. The first-order valence-corrected chi connectivity index (χ1v) is 9.49. The normalized spacial score (nSPS) is 12.0. The van der Waals surface area contributed by atoms with Crippen LogP contribution in [-0.2, 0) is 23.1 Å². The Balaban J connectivity index is 1.95. The molecule has 0 amide bonds. The third-order valence-electron chi connectivity index (χ3n) is 4.16. The number of oxazole rings is 1. The van der Waals surface area contributed by atoms with Crippen molar-refractivity contribution in [3.63, 3.8) is 0 Å². The van der Waals surface area contributed by atoms with Crippen LogP contribution in [0.15, 0.2) is 50.5 Å². The van der Waals surface area contributed by atoms with Crippen LogP contribution >= 0.6 is 0 Å². The van der Waals surface area contributed by atoms with Gasteiger partial charge in [-0.2, -0.15) is 0 Å². The molecule has 0 radical (unpaired) electrons. The van der Waals surface area contributed by atoms with E-state index in [1.807, 2.05) is 38.1 Å². The Labute approximate surface area is 146 Å². The lowest BCUT2D eigenvalue weighted by Gasteiger charge is -2.10. The molecule has 0 aliphatic rings. The molecule has 0 saturated carbocycles. The summed E-state index contributed by atoms with van der Waals surface area (Å²) in [5.41, 5.74) is 3.42. The first-order valence-electron chi connectivity index (χ1n) is 8.01. The first kappa shape index (κ1) is 17.4. The number of aryl methyl sites for hydroxylation is 3. The van der Waals surface area contributed by atoms with Gasteiger partial charge in [0.05, 0.1) is 10.4 Å². The topological polar surface area (TPSA) is 81.3 Å². The Morgan fingerprint density at radius 2 is 1.80 bits per heavy atom. The second-order valence-electron chi connectivity index (χ2n) is 6.01. The number of sulfonamides is 1. The Morgan fingerprint density at radius 3 is 2.44 bits per heavy atom. The zero-order valence-corrected chi connectivity index (χ0v) is 15.2. The number of benzene rings is 2. The Kier molecular flexibility index (Phi) is 4.53. The van der Waals surface area contributed by atoms with Gasteiger partial charge in [-0.25, -0.2) is 17.9 Å². The lowest BCUT2D eigenvalue weighted by atomic mass is 10.2. The fraction of sp³-hybridized carbons (Fsp3) is 0.278. The van der Waals surface area contributed by atoms with Crippen molar-refractivity contribution < 1.29 is 12.8 Å². The Hall–Kier alpha value is -2.38. The molecule has 0 spiro atoms. The summed E-state index contributed by atoms with van der Waals surface area (Å²) >= 11 is 0. The van der Waals surface area contributed by atoms with Crippen molar-refractivity contribution in [3.8, 4) is 0 Å². The average Bonchev–Trinajstić information content (AvgIpc) is 2.87. The maximum absolute atomic E-state index is 12.7. The Bertz CT molecular complexity index is 1080. The van der Waals surface area contributed by atoms with Gasteiger partial charge in [0, 0.05) is 19.2 Å². The van der Waals surface area contributed by atoms with Crippen molar-refractivity contribution in [1.29, 1.82) is 0 Å². The molecule has 0 fully saturated rings. The highest BCUT2D eigenvalue weighted by Gasteiger charge is 2.20. The van der Waals surface area contributed by atoms with Crippen molar-refractivity contribution in [1.82, 2.24) is 9.29 Å². The summed E-state index contributed by atoms with van der Waals surface area (Å²) in [7, 11) is -3.72. The summed E-state index contributed by atoms with van der Waals surface area (Å²) < 4.78 is 34.6. The maximum atomic E-state index is 12.7. The van der Waals surface area contributed by atoms with Crippen LogP contribution in [0.5, 0.6) is 0 Å². The second-order valence-corrected chi connectivity index (χ2v) is 7.74. The Morgan fingerprint density at radius 1 is 1.12 bits per heavy atom. The molecule has 2 aromatic carbocycles. The molecule has 0 bridgehead atoms. The van der Waals surface area contributed by atoms with Gasteiger partial charge < -0.3 is 4.42 Å². The van der Waals surface area contributed by atoms with Gasteiger partial charge in [-0.3, -0.25) is 4.57 Å². The monoisotopic (exact) mass is 360 g/mol. The van der Waals surface area contributed by atoms with Crippen LogP contribution < -0.4 is 10.5 Å². The standard InChI is InChI=1S/C18H20N2O4S/c1-4-20-15-9-13(3)17(10-16(15)24-18(20)21)25(22,23)19-11-14-7-5-12(2)6-8-14/h5-10,19H,4,11H2,1-3H3. The summed E-state index contributed by atoms with van der Waals surface area (Å²) in [5.74, 6) is -0.487. The first-order chi connectivity index (χ1) is 11.8. The lowest BCUT2D eigenvalue weighted by Crippen LogP contribution is -2.24. The summed E-state index contributed by atoms with van der Waals surface area (Å²) in [4.78, 5) is 11.9. The highest BCUT2D eigenvalue weighted by molar-refractivity contribution is 7.89. The molecular formula is C18H20N2O4S. The maximum Gasteiger partial charge on any atom is 0.419 e. The SMILES string of the molecule is CCn1c(=O)oc2cc(S(=O)(=O)NCc3ccc(C)cc3)c(C)cc21. The van der Waals surface area contributed by atoms with Gasteiger partial charge in [0.15, 0.2) is 5.58 Å². The number of nitrogens with zero attached hydrogens (tertiary/aromatic N) is 1. The average molecular weight is 360 g/mol. The molecule has 0 aliphatic carbocycles. The minimum atomic E-state index is -3.72. The molecule has 6 nitrogen and oxygen atoms in total. The summed E-state index contributed by atoms with van der Waals surface area (Å²) in [6.45, 7) is 6.17. The molecule has 3 aromatic rings. The molecule has 0 unspecified atom stereocenters. The number of hydrogen-bond acceptors (Lipinski definition) is 4. The fourth-order valence-corrected chi connectivity index (χ4v) is 4.00. The molecule has 25 heavy (non-hydrogen) atoms. The van der Waals surface area contributed by atoms with E-state index in [9.17, 15) is 13.2 Å². The van der Waals surface area contributed by atoms with Crippen LogP contribution in [0.25, 0.3) is 11.1 Å². The van der Waals surface area contributed by atoms with Crippen LogP contribution in [0, 0.1) is 13.8 Å². The van der Waals surface area contributed by atoms with Gasteiger partial charge in [0.2, 0.25) is 10.0 Å². The molecular weight excluding hydrogens is 340 g/mol.